The molecule has 4 rings (SSSR count). The number of aryl methyl sites for hydroxylation is 2. The number of carbonyl (C=O) groups excluding carboxylic acids is 1. The Hall–Kier alpha value is -3.03. The molecule has 0 unspecified atom stereocenters. The molecule has 0 saturated carbocycles. The molecule has 140 valence electrons. The number of hydrogen-bond donors (Lipinski definition) is 1. The van der Waals surface area contributed by atoms with Crippen molar-refractivity contribution in [1.29, 1.82) is 0 Å². The first-order chi connectivity index (χ1) is 13.1. The molecule has 0 spiro atoms. The number of pyridine rings is 1. The van der Waals surface area contributed by atoms with Gasteiger partial charge in [0.25, 0.3) is 0 Å². The standard InChI is InChI=1S/C19H23N7O/c1-4-15(27)26-8-7-14(10-26)23-17-16-19(22-11-21-17)25(3)18(24-16)13-6-5-12(2)20-9-13/h5-6,9,11,14H,4,7-8,10H2,1-3H3,(H,21,22,23)/t14-/m0/s1. The van der Waals surface area contributed by atoms with E-state index >= 15 is 0 Å². The number of hydrogen-bond acceptors (Lipinski definition) is 6. The molecule has 0 aromatic carbocycles. The number of imidazole rings is 1. The van der Waals surface area contributed by atoms with Gasteiger partial charge < -0.3 is 14.8 Å². The average molecular weight is 365 g/mol. The summed E-state index contributed by atoms with van der Waals surface area (Å²) in [6, 6.07) is 4.15. The highest BCUT2D eigenvalue weighted by atomic mass is 16.2. The molecule has 1 aliphatic rings. The van der Waals surface area contributed by atoms with Crippen LogP contribution in [0.4, 0.5) is 5.82 Å². The second-order valence-corrected chi connectivity index (χ2v) is 6.90. The van der Waals surface area contributed by atoms with E-state index in [9.17, 15) is 4.79 Å². The van der Waals surface area contributed by atoms with Crippen LogP contribution in [0.25, 0.3) is 22.6 Å². The fraction of sp³-hybridized carbons (Fsp3) is 0.421. The van der Waals surface area contributed by atoms with Crippen molar-refractivity contribution in [2.45, 2.75) is 32.7 Å². The minimum absolute atomic E-state index is 0.171. The smallest absolute Gasteiger partial charge is 0.222 e. The van der Waals surface area contributed by atoms with Gasteiger partial charge in [-0.15, -0.1) is 0 Å². The summed E-state index contributed by atoms with van der Waals surface area (Å²) in [5.41, 5.74) is 3.40. The van der Waals surface area contributed by atoms with Crippen LogP contribution in [0.3, 0.4) is 0 Å². The Morgan fingerprint density at radius 3 is 2.89 bits per heavy atom. The fourth-order valence-corrected chi connectivity index (χ4v) is 3.48. The van der Waals surface area contributed by atoms with Crippen molar-refractivity contribution in [1.82, 2.24) is 29.4 Å². The van der Waals surface area contributed by atoms with Crippen LogP contribution in [0, 0.1) is 6.92 Å². The van der Waals surface area contributed by atoms with Crippen LogP contribution in [0.1, 0.15) is 25.5 Å². The van der Waals surface area contributed by atoms with E-state index in [4.69, 9.17) is 4.98 Å². The van der Waals surface area contributed by atoms with Crippen molar-refractivity contribution in [2.75, 3.05) is 18.4 Å². The van der Waals surface area contributed by atoms with Gasteiger partial charge in [-0.3, -0.25) is 9.78 Å². The lowest BCUT2D eigenvalue weighted by Crippen LogP contribution is -2.31. The van der Waals surface area contributed by atoms with Gasteiger partial charge in [0.15, 0.2) is 17.0 Å². The molecule has 0 bridgehead atoms. The summed E-state index contributed by atoms with van der Waals surface area (Å²) in [5, 5.41) is 3.46. The molecular formula is C19H23N7O. The number of likely N-dealkylation sites (tertiary alicyclic amines) is 1. The average Bonchev–Trinajstić information content (AvgIpc) is 3.28. The van der Waals surface area contributed by atoms with Gasteiger partial charge in [-0.05, 0) is 25.5 Å². The summed E-state index contributed by atoms with van der Waals surface area (Å²) < 4.78 is 1.95. The maximum Gasteiger partial charge on any atom is 0.222 e. The van der Waals surface area contributed by atoms with E-state index in [-0.39, 0.29) is 11.9 Å². The summed E-state index contributed by atoms with van der Waals surface area (Å²) >= 11 is 0. The van der Waals surface area contributed by atoms with E-state index in [1.54, 1.807) is 6.33 Å². The number of amides is 1. The molecule has 1 N–H and O–H groups in total. The third-order valence-corrected chi connectivity index (χ3v) is 5.01. The van der Waals surface area contributed by atoms with Crippen LogP contribution in [0.5, 0.6) is 0 Å². The van der Waals surface area contributed by atoms with Gasteiger partial charge in [0.2, 0.25) is 5.91 Å². The van der Waals surface area contributed by atoms with Crippen LogP contribution in [0.15, 0.2) is 24.7 Å². The molecular weight excluding hydrogens is 342 g/mol. The number of aromatic nitrogens is 5. The predicted molar refractivity (Wildman–Crippen MR) is 103 cm³/mol. The minimum atomic E-state index is 0.171. The topological polar surface area (TPSA) is 88.8 Å². The molecule has 1 amide bonds. The summed E-state index contributed by atoms with van der Waals surface area (Å²) in [5.74, 6) is 1.70. The summed E-state index contributed by atoms with van der Waals surface area (Å²) in [6.45, 7) is 5.33. The molecule has 3 aromatic rings. The number of fused-ring (bicyclic) bond motifs is 1. The zero-order valence-corrected chi connectivity index (χ0v) is 15.8. The normalized spacial score (nSPS) is 16.9. The number of nitrogens with zero attached hydrogens (tertiary/aromatic N) is 6. The van der Waals surface area contributed by atoms with E-state index < -0.39 is 0 Å². The van der Waals surface area contributed by atoms with Gasteiger partial charge >= 0.3 is 0 Å². The highest BCUT2D eigenvalue weighted by molar-refractivity contribution is 5.86. The fourth-order valence-electron chi connectivity index (χ4n) is 3.48. The van der Waals surface area contributed by atoms with E-state index in [1.807, 2.05) is 48.7 Å². The van der Waals surface area contributed by atoms with E-state index in [2.05, 4.69) is 20.3 Å². The summed E-state index contributed by atoms with van der Waals surface area (Å²) in [7, 11) is 1.94. The summed E-state index contributed by atoms with van der Waals surface area (Å²) in [6.07, 6.45) is 4.81. The van der Waals surface area contributed by atoms with Gasteiger partial charge in [0, 0.05) is 50.1 Å². The Labute approximate surface area is 157 Å². The highest BCUT2D eigenvalue weighted by Gasteiger charge is 2.26. The second-order valence-electron chi connectivity index (χ2n) is 6.90. The number of carbonyl (C=O) groups is 1. The second kappa shape index (κ2) is 6.94. The molecule has 3 aromatic heterocycles. The molecule has 1 atom stereocenters. The minimum Gasteiger partial charge on any atom is -0.364 e. The van der Waals surface area contributed by atoms with Crippen molar-refractivity contribution in [2.24, 2.45) is 7.05 Å². The predicted octanol–water partition coefficient (Wildman–Crippen LogP) is 2.16. The first-order valence-electron chi connectivity index (χ1n) is 9.21. The molecule has 8 heteroatoms. The SMILES string of the molecule is CCC(=O)N1CC[C@H](Nc2ncnc3c2nc(-c2ccc(C)nc2)n3C)C1. The quantitative estimate of drug-likeness (QED) is 0.762. The Kier molecular flexibility index (Phi) is 4.47. The Bertz CT molecular complexity index is 980. The third kappa shape index (κ3) is 3.22. The molecule has 8 nitrogen and oxygen atoms in total. The molecule has 1 fully saturated rings. The summed E-state index contributed by atoms with van der Waals surface area (Å²) in [4.78, 5) is 31.8. The van der Waals surface area contributed by atoms with Crippen molar-refractivity contribution < 1.29 is 4.79 Å². The van der Waals surface area contributed by atoms with Crippen LogP contribution >= 0.6 is 0 Å². The molecule has 0 aliphatic carbocycles. The molecule has 1 saturated heterocycles. The Morgan fingerprint density at radius 1 is 1.30 bits per heavy atom. The van der Waals surface area contributed by atoms with Crippen LogP contribution in [-0.4, -0.2) is 54.4 Å². The van der Waals surface area contributed by atoms with Crippen molar-refractivity contribution in [3.05, 3.63) is 30.4 Å². The Balaban J connectivity index is 1.64. The van der Waals surface area contributed by atoms with Gasteiger partial charge in [-0.2, -0.15) is 0 Å². The lowest BCUT2D eigenvalue weighted by Gasteiger charge is -2.16. The van der Waals surface area contributed by atoms with Crippen molar-refractivity contribution >= 4 is 22.9 Å². The largest absolute Gasteiger partial charge is 0.364 e. The first-order valence-corrected chi connectivity index (χ1v) is 9.21. The molecule has 27 heavy (non-hydrogen) atoms. The number of anilines is 1. The highest BCUT2D eigenvalue weighted by Crippen LogP contribution is 2.26. The molecule has 1 aliphatic heterocycles. The van der Waals surface area contributed by atoms with E-state index in [0.717, 1.165) is 41.2 Å². The monoisotopic (exact) mass is 365 g/mol. The number of rotatable bonds is 4. The lowest BCUT2D eigenvalue weighted by atomic mass is 10.2. The lowest BCUT2D eigenvalue weighted by molar-refractivity contribution is -0.129. The van der Waals surface area contributed by atoms with Gasteiger partial charge in [-0.25, -0.2) is 15.0 Å². The van der Waals surface area contributed by atoms with Gasteiger partial charge in [0.1, 0.15) is 12.2 Å². The number of nitrogens with one attached hydrogen (secondary N) is 1. The molecule has 4 heterocycles. The maximum atomic E-state index is 11.9. The van der Waals surface area contributed by atoms with Gasteiger partial charge in [0.05, 0.1) is 0 Å². The zero-order chi connectivity index (χ0) is 19.0. The Morgan fingerprint density at radius 2 is 2.15 bits per heavy atom. The van der Waals surface area contributed by atoms with Crippen molar-refractivity contribution in [3.63, 3.8) is 0 Å². The molecule has 0 radical (unpaired) electrons. The van der Waals surface area contributed by atoms with E-state index in [1.165, 1.54) is 0 Å². The van der Waals surface area contributed by atoms with Crippen LogP contribution < -0.4 is 5.32 Å². The van der Waals surface area contributed by atoms with Gasteiger partial charge in [-0.1, -0.05) is 6.92 Å². The van der Waals surface area contributed by atoms with Crippen molar-refractivity contribution in [3.8, 4) is 11.4 Å². The maximum absolute atomic E-state index is 11.9. The first kappa shape index (κ1) is 17.4. The third-order valence-electron chi connectivity index (χ3n) is 5.01. The zero-order valence-electron chi connectivity index (χ0n) is 15.8. The van der Waals surface area contributed by atoms with Crippen LogP contribution in [0.2, 0.25) is 0 Å². The van der Waals surface area contributed by atoms with E-state index in [0.29, 0.717) is 18.8 Å². The van der Waals surface area contributed by atoms with Crippen LogP contribution in [-0.2, 0) is 11.8 Å².